The molecule has 9 nitrogen and oxygen atoms in total. The van der Waals surface area contributed by atoms with E-state index in [4.69, 9.17) is 9.47 Å². The summed E-state index contributed by atoms with van der Waals surface area (Å²) in [6, 6.07) is 3.44. The summed E-state index contributed by atoms with van der Waals surface area (Å²) in [5.74, 6) is -0.119. The summed E-state index contributed by atoms with van der Waals surface area (Å²) >= 11 is 0. The van der Waals surface area contributed by atoms with E-state index in [2.05, 4.69) is 20.9 Å². The molecule has 0 aromatic carbocycles. The van der Waals surface area contributed by atoms with Gasteiger partial charge in [0.25, 0.3) is 0 Å². The molecular weight excluding hydrogens is 364 g/mol. The van der Waals surface area contributed by atoms with Gasteiger partial charge in [0, 0.05) is 37.9 Å². The molecule has 5 atom stereocenters. The van der Waals surface area contributed by atoms with Crippen LogP contribution in [0.4, 0.5) is 4.79 Å². The van der Waals surface area contributed by atoms with Crippen molar-refractivity contribution >= 4 is 11.9 Å². The number of rotatable bonds is 7. The summed E-state index contributed by atoms with van der Waals surface area (Å²) in [6.07, 6.45) is 1.73. The van der Waals surface area contributed by atoms with Crippen LogP contribution in [0, 0.1) is 0 Å². The second-order valence-corrected chi connectivity index (χ2v) is 7.51. The first-order valence-corrected chi connectivity index (χ1v) is 9.61. The van der Waals surface area contributed by atoms with Gasteiger partial charge in [0.2, 0.25) is 5.91 Å². The number of hydrogen-bond acceptors (Lipinski definition) is 6. The van der Waals surface area contributed by atoms with Crippen molar-refractivity contribution in [3.05, 3.63) is 30.1 Å². The highest BCUT2D eigenvalue weighted by Crippen LogP contribution is 2.35. The maximum atomic E-state index is 12.1. The Morgan fingerprint density at radius 1 is 1.32 bits per heavy atom. The van der Waals surface area contributed by atoms with Crippen LogP contribution in [0.5, 0.6) is 0 Å². The van der Waals surface area contributed by atoms with Crippen LogP contribution in [0.1, 0.15) is 32.3 Å². The maximum absolute atomic E-state index is 12.1. The first kappa shape index (κ1) is 20.5. The Morgan fingerprint density at radius 2 is 2.14 bits per heavy atom. The second kappa shape index (κ2) is 9.31. The standard InChI is InChI=1S/C19H28N4O5/c1-11(2)23-19(26)22-10-15-17(25)18-14(28-15)6-13(27-18)7-16(24)21-9-12-4-3-5-20-8-12/h3-5,8,11,13-15,17-18,25H,6-7,9-10H2,1-2H3,(H,21,24)(H2,22,23,26)/t13-,14+,15+,17+,18-/m0/s1. The number of carbonyl (C=O) groups excluding carboxylic acids is 2. The monoisotopic (exact) mass is 392 g/mol. The fraction of sp³-hybridized carbons (Fsp3) is 0.632. The molecule has 0 bridgehead atoms. The molecule has 154 valence electrons. The molecule has 0 aliphatic carbocycles. The number of nitrogens with one attached hydrogen (secondary N) is 3. The third-order valence-electron chi connectivity index (χ3n) is 4.79. The Balaban J connectivity index is 1.39. The van der Waals surface area contributed by atoms with Crippen LogP contribution < -0.4 is 16.0 Å². The number of fused-ring (bicyclic) bond motifs is 1. The zero-order valence-corrected chi connectivity index (χ0v) is 16.1. The molecule has 0 unspecified atom stereocenters. The predicted octanol–water partition coefficient (Wildman–Crippen LogP) is 0.0813. The van der Waals surface area contributed by atoms with Crippen molar-refractivity contribution in [1.82, 2.24) is 20.9 Å². The van der Waals surface area contributed by atoms with Crippen LogP contribution in [-0.4, -0.2) is 65.1 Å². The van der Waals surface area contributed by atoms with Gasteiger partial charge in [0.15, 0.2) is 0 Å². The van der Waals surface area contributed by atoms with E-state index in [1.54, 1.807) is 12.4 Å². The van der Waals surface area contributed by atoms with Crippen LogP contribution in [0.15, 0.2) is 24.5 Å². The molecule has 3 amide bonds. The zero-order valence-electron chi connectivity index (χ0n) is 16.1. The summed E-state index contributed by atoms with van der Waals surface area (Å²) in [7, 11) is 0. The lowest BCUT2D eigenvalue weighted by molar-refractivity contribution is -0.124. The Kier molecular flexibility index (Phi) is 6.82. The van der Waals surface area contributed by atoms with E-state index in [1.165, 1.54) is 0 Å². The number of amides is 3. The van der Waals surface area contributed by atoms with E-state index < -0.39 is 18.3 Å². The minimum absolute atomic E-state index is 0.0298. The molecule has 28 heavy (non-hydrogen) atoms. The third-order valence-corrected chi connectivity index (χ3v) is 4.79. The van der Waals surface area contributed by atoms with Gasteiger partial charge in [-0.15, -0.1) is 0 Å². The summed E-state index contributed by atoms with van der Waals surface area (Å²) in [6.45, 7) is 4.35. The Bertz CT molecular complexity index is 672. The van der Waals surface area contributed by atoms with Gasteiger partial charge in [0.05, 0.1) is 18.6 Å². The van der Waals surface area contributed by atoms with Crippen molar-refractivity contribution in [1.29, 1.82) is 0 Å². The SMILES string of the molecule is CC(C)NC(=O)NC[C@H]1O[C@@H]2C[C@@H](CC(=O)NCc3cccnc3)O[C@@H]2[C@@H]1O. The smallest absolute Gasteiger partial charge is 0.315 e. The number of hydrogen-bond donors (Lipinski definition) is 4. The summed E-state index contributed by atoms with van der Waals surface area (Å²) in [5.41, 5.74) is 0.927. The minimum Gasteiger partial charge on any atom is -0.388 e. The first-order valence-electron chi connectivity index (χ1n) is 9.61. The van der Waals surface area contributed by atoms with Crippen molar-refractivity contribution in [2.24, 2.45) is 0 Å². The number of aliphatic hydroxyl groups is 1. The highest BCUT2D eigenvalue weighted by Gasteiger charge is 2.50. The normalized spacial score (nSPS) is 28.8. The van der Waals surface area contributed by atoms with Crippen LogP contribution in [0.25, 0.3) is 0 Å². The number of aromatic nitrogens is 1. The van der Waals surface area contributed by atoms with Crippen molar-refractivity contribution < 1.29 is 24.2 Å². The molecule has 1 aromatic heterocycles. The lowest BCUT2D eigenvalue weighted by Gasteiger charge is -2.20. The van der Waals surface area contributed by atoms with Gasteiger partial charge in [-0.25, -0.2) is 4.79 Å². The largest absolute Gasteiger partial charge is 0.388 e. The van der Waals surface area contributed by atoms with Crippen molar-refractivity contribution in [3.8, 4) is 0 Å². The number of aliphatic hydroxyl groups excluding tert-OH is 1. The minimum atomic E-state index is -0.840. The molecule has 2 aliphatic heterocycles. The number of urea groups is 1. The summed E-state index contributed by atoms with van der Waals surface area (Å²) < 4.78 is 11.7. The highest BCUT2D eigenvalue weighted by molar-refractivity contribution is 5.76. The average Bonchev–Trinajstić information content (AvgIpc) is 3.17. The fourth-order valence-electron chi connectivity index (χ4n) is 3.50. The topological polar surface area (TPSA) is 122 Å². The van der Waals surface area contributed by atoms with Gasteiger partial charge < -0.3 is 30.5 Å². The van der Waals surface area contributed by atoms with Gasteiger partial charge in [-0.2, -0.15) is 0 Å². The number of ether oxygens (including phenoxy) is 2. The molecule has 2 saturated heterocycles. The van der Waals surface area contributed by atoms with E-state index >= 15 is 0 Å². The first-order chi connectivity index (χ1) is 13.4. The van der Waals surface area contributed by atoms with Crippen molar-refractivity contribution in [3.63, 3.8) is 0 Å². The summed E-state index contributed by atoms with van der Waals surface area (Å²) in [4.78, 5) is 27.8. The lowest BCUT2D eigenvalue weighted by Crippen LogP contribution is -2.45. The third kappa shape index (κ3) is 5.40. The highest BCUT2D eigenvalue weighted by atomic mass is 16.6. The van der Waals surface area contributed by atoms with Crippen LogP contribution in [-0.2, 0) is 20.8 Å². The second-order valence-electron chi connectivity index (χ2n) is 7.51. The average molecular weight is 392 g/mol. The molecular formula is C19H28N4O5. The number of pyridine rings is 1. The van der Waals surface area contributed by atoms with E-state index in [1.807, 2.05) is 26.0 Å². The van der Waals surface area contributed by atoms with Crippen molar-refractivity contribution in [2.75, 3.05) is 6.54 Å². The molecule has 9 heteroatoms. The Hall–Kier alpha value is -2.23. The molecule has 2 fully saturated rings. The van der Waals surface area contributed by atoms with E-state index in [0.29, 0.717) is 13.0 Å². The predicted molar refractivity (Wildman–Crippen MR) is 100 cm³/mol. The summed E-state index contributed by atoms with van der Waals surface area (Å²) in [5, 5.41) is 18.7. The van der Waals surface area contributed by atoms with Gasteiger partial charge in [-0.3, -0.25) is 9.78 Å². The molecule has 0 spiro atoms. The van der Waals surface area contributed by atoms with Gasteiger partial charge in [0.1, 0.15) is 18.3 Å². The quantitative estimate of drug-likeness (QED) is 0.521. The Morgan fingerprint density at radius 3 is 2.82 bits per heavy atom. The van der Waals surface area contributed by atoms with E-state index in [9.17, 15) is 14.7 Å². The van der Waals surface area contributed by atoms with Gasteiger partial charge >= 0.3 is 6.03 Å². The number of carbonyl (C=O) groups is 2. The van der Waals surface area contributed by atoms with E-state index in [0.717, 1.165) is 5.56 Å². The number of nitrogens with zero attached hydrogens (tertiary/aromatic N) is 1. The molecule has 0 radical (unpaired) electrons. The molecule has 3 heterocycles. The maximum Gasteiger partial charge on any atom is 0.315 e. The molecule has 0 saturated carbocycles. The van der Waals surface area contributed by atoms with Gasteiger partial charge in [-0.05, 0) is 25.5 Å². The van der Waals surface area contributed by atoms with Crippen LogP contribution >= 0.6 is 0 Å². The van der Waals surface area contributed by atoms with Crippen LogP contribution in [0.2, 0.25) is 0 Å². The van der Waals surface area contributed by atoms with Gasteiger partial charge in [-0.1, -0.05) is 6.07 Å². The molecule has 3 rings (SSSR count). The Labute approximate surface area is 164 Å². The van der Waals surface area contributed by atoms with Crippen molar-refractivity contribution in [2.45, 2.75) is 69.8 Å². The molecule has 1 aromatic rings. The zero-order chi connectivity index (χ0) is 20.1. The molecule has 4 N–H and O–H groups in total. The fourth-order valence-corrected chi connectivity index (χ4v) is 3.50. The lowest BCUT2D eigenvalue weighted by atomic mass is 10.1. The van der Waals surface area contributed by atoms with E-state index in [-0.39, 0.29) is 43.2 Å². The molecule has 2 aliphatic rings. The van der Waals surface area contributed by atoms with Crippen LogP contribution in [0.3, 0.4) is 0 Å².